The van der Waals surface area contributed by atoms with Crippen LogP contribution in [0.5, 0.6) is 0 Å². The molecule has 0 aromatic heterocycles. The standard InChI is InChI=1S/C17H16Cl3N3O4/c1-4-17(2,3)9-5-13(22(24)25)16(14(6-9)23(26)27)21-15-11(19)7-10(18)8-12(15)20/h5-8,21H,4H2,1-3H3. The summed E-state index contributed by atoms with van der Waals surface area (Å²) >= 11 is 18.1. The van der Waals surface area contributed by atoms with E-state index < -0.39 is 26.6 Å². The van der Waals surface area contributed by atoms with Crippen molar-refractivity contribution in [3.05, 3.63) is 65.1 Å². The van der Waals surface area contributed by atoms with Crippen molar-refractivity contribution in [2.75, 3.05) is 5.32 Å². The molecule has 1 N–H and O–H groups in total. The maximum absolute atomic E-state index is 11.6. The van der Waals surface area contributed by atoms with E-state index in [2.05, 4.69) is 5.32 Å². The van der Waals surface area contributed by atoms with E-state index in [1.165, 1.54) is 24.3 Å². The predicted octanol–water partition coefficient (Wildman–Crippen LogP) is 6.89. The van der Waals surface area contributed by atoms with Gasteiger partial charge in [-0.2, -0.15) is 0 Å². The number of nitrogens with one attached hydrogen (secondary N) is 1. The molecule has 0 aliphatic carbocycles. The Kier molecular flexibility index (Phi) is 6.19. The van der Waals surface area contributed by atoms with Gasteiger partial charge in [0.15, 0.2) is 5.69 Å². The van der Waals surface area contributed by atoms with E-state index in [9.17, 15) is 20.2 Å². The Morgan fingerprint density at radius 2 is 1.37 bits per heavy atom. The molecule has 0 saturated heterocycles. The Labute approximate surface area is 170 Å². The minimum Gasteiger partial charge on any atom is -0.342 e. The van der Waals surface area contributed by atoms with Crippen LogP contribution in [-0.2, 0) is 5.41 Å². The number of benzene rings is 2. The van der Waals surface area contributed by atoms with Gasteiger partial charge in [-0.05, 0) is 29.5 Å². The van der Waals surface area contributed by atoms with Crippen molar-refractivity contribution in [3.8, 4) is 0 Å². The van der Waals surface area contributed by atoms with E-state index in [1.807, 2.05) is 20.8 Å². The number of nitro benzene ring substituents is 2. The highest BCUT2D eigenvalue weighted by atomic mass is 35.5. The quantitative estimate of drug-likeness (QED) is 0.395. The van der Waals surface area contributed by atoms with Crippen LogP contribution < -0.4 is 5.32 Å². The molecule has 0 saturated carbocycles. The first kappa shape index (κ1) is 21.2. The first-order valence-corrected chi connectivity index (χ1v) is 9.00. The second-order valence-electron chi connectivity index (χ2n) is 6.51. The third-order valence-electron chi connectivity index (χ3n) is 4.41. The molecule has 144 valence electrons. The van der Waals surface area contributed by atoms with Crippen molar-refractivity contribution in [1.29, 1.82) is 0 Å². The SMILES string of the molecule is CCC(C)(C)c1cc([N+](=O)[O-])c(Nc2c(Cl)cc(Cl)cc2Cl)c([N+](=O)[O-])c1. The molecule has 0 aliphatic heterocycles. The van der Waals surface area contributed by atoms with Crippen molar-refractivity contribution in [2.45, 2.75) is 32.6 Å². The fourth-order valence-corrected chi connectivity index (χ4v) is 3.32. The lowest BCUT2D eigenvalue weighted by atomic mass is 9.81. The van der Waals surface area contributed by atoms with Crippen molar-refractivity contribution in [3.63, 3.8) is 0 Å². The van der Waals surface area contributed by atoms with E-state index in [-0.39, 0.29) is 26.4 Å². The third kappa shape index (κ3) is 4.43. The van der Waals surface area contributed by atoms with Crippen LogP contribution in [0.15, 0.2) is 24.3 Å². The molecule has 0 aliphatic rings. The molecule has 27 heavy (non-hydrogen) atoms. The number of hydrogen-bond donors (Lipinski definition) is 1. The third-order valence-corrected chi connectivity index (χ3v) is 5.23. The molecule has 2 rings (SSSR count). The van der Waals surface area contributed by atoms with Crippen LogP contribution in [0.3, 0.4) is 0 Å². The zero-order valence-corrected chi connectivity index (χ0v) is 16.9. The summed E-state index contributed by atoms with van der Waals surface area (Å²) in [7, 11) is 0. The average molecular weight is 433 g/mol. The predicted molar refractivity (Wildman–Crippen MR) is 108 cm³/mol. The number of nitro groups is 2. The maximum atomic E-state index is 11.6. The highest BCUT2D eigenvalue weighted by molar-refractivity contribution is 6.42. The molecule has 0 radical (unpaired) electrons. The minimum atomic E-state index is -0.678. The van der Waals surface area contributed by atoms with E-state index in [0.717, 1.165) is 0 Å². The molecule has 0 unspecified atom stereocenters. The molecule has 2 aromatic carbocycles. The van der Waals surface area contributed by atoms with Gasteiger partial charge in [-0.3, -0.25) is 20.2 Å². The zero-order valence-electron chi connectivity index (χ0n) is 14.7. The summed E-state index contributed by atoms with van der Waals surface area (Å²) in [5.41, 5.74) is -1.08. The van der Waals surface area contributed by atoms with Crippen LogP contribution in [0.2, 0.25) is 15.1 Å². The average Bonchev–Trinajstić information content (AvgIpc) is 2.57. The Hall–Kier alpha value is -2.09. The summed E-state index contributed by atoms with van der Waals surface area (Å²) in [6.45, 7) is 5.61. The van der Waals surface area contributed by atoms with Crippen molar-refractivity contribution < 1.29 is 9.85 Å². The molecule has 0 atom stereocenters. The van der Waals surface area contributed by atoms with Gasteiger partial charge < -0.3 is 5.32 Å². The maximum Gasteiger partial charge on any atom is 0.300 e. The highest BCUT2D eigenvalue weighted by Gasteiger charge is 2.32. The first-order chi connectivity index (χ1) is 12.5. The lowest BCUT2D eigenvalue weighted by Gasteiger charge is -2.23. The van der Waals surface area contributed by atoms with Gasteiger partial charge in [0.25, 0.3) is 11.4 Å². The Bertz CT molecular complexity index is 874. The van der Waals surface area contributed by atoms with Gasteiger partial charge in [-0.1, -0.05) is 55.6 Å². The van der Waals surface area contributed by atoms with Gasteiger partial charge in [0.1, 0.15) is 0 Å². The number of anilines is 2. The summed E-state index contributed by atoms with van der Waals surface area (Å²) < 4.78 is 0. The fourth-order valence-electron chi connectivity index (χ4n) is 2.41. The summed E-state index contributed by atoms with van der Waals surface area (Å²) in [6.07, 6.45) is 0.642. The van der Waals surface area contributed by atoms with E-state index >= 15 is 0 Å². The molecule has 10 heteroatoms. The lowest BCUT2D eigenvalue weighted by molar-refractivity contribution is -0.392. The van der Waals surface area contributed by atoms with Crippen molar-refractivity contribution in [2.24, 2.45) is 0 Å². The topological polar surface area (TPSA) is 98.3 Å². The molecule has 0 heterocycles. The molecule has 2 aromatic rings. The summed E-state index contributed by atoms with van der Waals surface area (Å²) in [6, 6.07) is 5.42. The van der Waals surface area contributed by atoms with Gasteiger partial charge in [0.05, 0.1) is 25.6 Å². The monoisotopic (exact) mass is 431 g/mol. The number of halogens is 3. The second kappa shape index (κ2) is 7.88. The van der Waals surface area contributed by atoms with E-state index in [0.29, 0.717) is 12.0 Å². The first-order valence-electron chi connectivity index (χ1n) is 7.86. The van der Waals surface area contributed by atoms with Crippen LogP contribution in [-0.4, -0.2) is 9.85 Å². The highest BCUT2D eigenvalue weighted by Crippen LogP contribution is 2.44. The lowest BCUT2D eigenvalue weighted by Crippen LogP contribution is -2.16. The molecular weight excluding hydrogens is 417 g/mol. The van der Waals surface area contributed by atoms with Crippen LogP contribution in [0.4, 0.5) is 22.7 Å². The van der Waals surface area contributed by atoms with E-state index in [4.69, 9.17) is 34.8 Å². The summed E-state index contributed by atoms with van der Waals surface area (Å²) in [4.78, 5) is 21.9. The smallest absolute Gasteiger partial charge is 0.300 e. The van der Waals surface area contributed by atoms with Gasteiger partial charge in [0, 0.05) is 17.2 Å². The fraction of sp³-hybridized carbons (Fsp3) is 0.294. The molecule has 0 fully saturated rings. The molecular formula is C17H16Cl3N3O4. The van der Waals surface area contributed by atoms with Gasteiger partial charge in [-0.25, -0.2) is 0 Å². The van der Waals surface area contributed by atoms with E-state index in [1.54, 1.807) is 0 Å². The molecule has 0 spiro atoms. The van der Waals surface area contributed by atoms with Crippen molar-refractivity contribution in [1.82, 2.24) is 0 Å². The van der Waals surface area contributed by atoms with Crippen LogP contribution in [0.1, 0.15) is 32.8 Å². The molecule has 0 amide bonds. The summed E-state index contributed by atoms with van der Waals surface area (Å²) in [5, 5.41) is 26.3. The number of nitrogens with zero attached hydrogens (tertiary/aromatic N) is 2. The summed E-state index contributed by atoms with van der Waals surface area (Å²) in [5.74, 6) is 0. The zero-order chi connectivity index (χ0) is 20.5. The largest absolute Gasteiger partial charge is 0.342 e. The Balaban J connectivity index is 2.75. The Morgan fingerprint density at radius 1 is 0.926 bits per heavy atom. The Morgan fingerprint density at radius 3 is 1.74 bits per heavy atom. The van der Waals surface area contributed by atoms with Gasteiger partial charge >= 0.3 is 0 Å². The molecule has 0 bridgehead atoms. The van der Waals surface area contributed by atoms with Crippen molar-refractivity contribution >= 4 is 57.6 Å². The normalized spacial score (nSPS) is 11.3. The second-order valence-corrected chi connectivity index (χ2v) is 7.76. The van der Waals surface area contributed by atoms with Gasteiger partial charge in [-0.15, -0.1) is 0 Å². The van der Waals surface area contributed by atoms with Crippen LogP contribution in [0, 0.1) is 20.2 Å². The van der Waals surface area contributed by atoms with Crippen LogP contribution >= 0.6 is 34.8 Å². The minimum absolute atomic E-state index is 0.0778. The number of rotatable bonds is 6. The number of hydrogen-bond acceptors (Lipinski definition) is 5. The van der Waals surface area contributed by atoms with Gasteiger partial charge in [0.2, 0.25) is 0 Å². The van der Waals surface area contributed by atoms with Crippen LogP contribution in [0.25, 0.3) is 0 Å². The molecule has 7 nitrogen and oxygen atoms in total.